The molecule has 1 N–H and O–H groups in total. The number of rotatable bonds is 6. The quantitative estimate of drug-likeness (QED) is 0.746. The molecule has 0 saturated heterocycles. The van der Waals surface area contributed by atoms with Crippen molar-refractivity contribution in [2.24, 2.45) is 11.8 Å². The van der Waals surface area contributed by atoms with Crippen molar-refractivity contribution >= 4 is 0 Å². The van der Waals surface area contributed by atoms with Crippen LogP contribution in [-0.4, -0.2) is 37.6 Å². The van der Waals surface area contributed by atoms with E-state index in [1.54, 1.807) is 0 Å². The summed E-state index contributed by atoms with van der Waals surface area (Å²) in [4.78, 5) is 2.50. The van der Waals surface area contributed by atoms with Crippen molar-refractivity contribution in [2.75, 3.05) is 26.7 Å². The zero-order valence-corrected chi connectivity index (χ0v) is 11.0. The molecule has 2 aliphatic rings. The van der Waals surface area contributed by atoms with Gasteiger partial charge in [-0.1, -0.05) is 6.92 Å². The fraction of sp³-hybridized carbons (Fsp3) is 1.00. The van der Waals surface area contributed by atoms with Crippen LogP contribution in [0, 0.1) is 11.8 Å². The Morgan fingerprint density at radius 3 is 2.38 bits per heavy atom. The first-order chi connectivity index (χ1) is 7.74. The number of likely N-dealkylation sites (N-methyl/N-ethyl adjacent to an activating group) is 1. The van der Waals surface area contributed by atoms with E-state index in [2.05, 4.69) is 24.2 Å². The van der Waals surface area contributed by atoms with Crippen LogP contribution in [0.15, 0.2) is 0 Å². The van der Waals surface area contributed by atoms with E-state index in [1.165, 1.54) is 58.2 Å². The van der Waals surface area contributed by atoms with Crippen molar-refractivity contribution in [3.05, 3.63) is 0 Å². The molecule has 2 saturated carbocycles. The Morgan fingerprint density at radius 2 is 1.75 bits per heavy atom. The zero-order chi connectivity index (χ0) is 11.4. The van der Waals surface area contributed by atoms with E-state index in [9.17, 15) is 0 Å². The highest BCUT2D eigenvalue weighted by atomic mass is 15.1. The summed E-state index contributed by atoms with van der Waals surface area (Å²) in [6, 6.07) is 0.811. The van der Waals surface area contributed by atoms with E-state index in [-0.39, 0.29) is 0 Å². The molecule has 0 radical (unpaired) electrons. The highest BCUT2D eigenvalue weighted by Gasteiger charge is 2.22. The molecule has 2 fully saturated rings. The van der Waals surface area contributed by atoms with Gasteiger partial charge in [0.2, 0.25) is 0 Å². The molecule has 16 heavy (non-hydrogen) atoms. The fourth-order valence-electron chi connectivity index (χ4n) is 2.76. The lowest BCUT2D eigenvalue weighted by Gasteiger charge is -2.28. The van der Waals surface area contributed by atoms with Gasteiger partial charge in [-0.2, -0.15) is 0 Å². The summed E-state index contributed by atoms with van der Waals surface area (Å²) in [5.41, 5.74) is 0. The Bertz CT molecular complexity index is 193. The summed E-state index contributed by atoms with van der Waals surface area (Å²) in [7, 11) is 2.27. The van der Waals surface area contributed by atoms with Crippen molar-refractivity contribution in [3.8, 4) is 0 Å². The maximum Gasteiger partial charge on any atom is 0.0104 e. The maximum atomic E-state index is 3.73. The highest BCUT2D eigenvalue weighted by molar-refractivity contribution is 4.78. The van der Waals surface area contributed by atoms with E-state index in [0.29, 0.717) is 0 Å². The molecule has 0 spiro atoms. The highest BCUT2D eigenvalue weighted by Crippen LogP contribution is 2.29. The molecule has 0 aromatic heterocycles. The zero-order valence-electron chi connectivity index (χ0n) is 11.0. The summed E-state index contributed by atoms with van der Waals surface area (Å²) in [5, 5.41) is 3.73. The number of hydrogen-bond acceptors (Lipinski definition) is 2. The van der Waals surface area contributed by atoms with E-state index in [4.69, 9.17) is 0 Å². The third-order valence-corrected chi connectivity index (χ3v) is 4.21. The molecule has 0 aromatic carbocycles. The Hall–Kier alpha value is -0.0800. The van der Waals surface area contributed by atoms with Crippen LogP contribution in [0.1, 0.15) is 45.4 Å². The topological polar surface area (TPSA) is 15.3 Å². The number of nitrogens with zero attached hydrogens (tertiary/aromatic N) is 1. The molecule has 0 atom stereocenters. The molecule has 0 amide bonds. The lowest BCUT2D eigenvalue weighted by molar-refractivity contribution is 0.277. The van der Waals surface area contributed by atoms with Gasteiger partial charge in [0.1, 0.15) is 0 Å². The van der Waals surface area contributed by atoms with Gasteiger partial charge in [-0.15, -0.1) is 0 Å². The van der Waals surface area contributed by atoms with E-state index >= 15 is 0 Å². The normalized spacial score (nSPS) is 30.9. The third-order valence-electron chi connectivity index (χ3n) is 4.21. The smallest absolute Gasteiger partial charge is 0.0104 e. The van der Waals surface area contributed by atoms with Crippen molar-refractivity contribution in [2.45, 2.75) is 51.5 Å². The Morgan fingerprint density at radius 1 is 1.06 bits per heavy atom. The lowest BCUT2D eigenvalue weighted by Crippen LogP contribution is -2.38. The molecule has 0 heterocycles. The van der Waals surface area contributed by atoms with Crippen molar-refractivity contribution in [3.63, 3.8) is 0 Å². The van der Waals surface area contributed by atoms with Gasteiger partial charge in [-0.3, -0.25) is 0 Å². The van der Waals surface area contributed by atoms with Gasteiger partial charge in [0.25, 0.3) is 0 Å². The number of hydrogen-bond donors (Lipinski definition) is 1. The van der Waals surface area contributed by atoms with Gasteiger partial charge in [0.05, 0.1) is 0 Å². The van der Waals surface area contributed by atoms with Crippen LogP contribution >= 0.6 is 0 Å². The minimum Gasteiger partial charge on any atom is -0.313 e. The van der Waals surface area contributed by atoms with Crippen LogP contribution in [0.4, 0.5) is 0 Å². The fourth-order valence-corrected chi connectivity index (χ4v) is 2.76. The van der Waals surface area contributed by atoms with Gasteiger partial charge in [0.15, 0.2) is 0 Å². The second-order valence-electron chi connectivity index (χ2n) is 6.12. The second kappa shape index (κ2) is 6.02. The van der Waals surface area contributed by atoms with Gasteiger partial charge >= 0.3 is 0 Å². The summed E-state index contributed by atoms with van der Waals surface area (Å²) < 4.78 is 0. The molecular weight excluding hydrogens is 196 g/mol. The average molecular weight is 224 g/mol. The number of nitrogens with one attached hydrogen (secondary N) is 1. The summed E-state index contributed by atoms with van der Waals surface area (Å²) in [5.74, 6) is 2.00. The first-order valence-corrected chi connectivity index (χ1v) is 7.16. The van der Waals surface area contributed by atoms with Crippen molar-refractivity contribution in [1.29, 1.82) is 0 Å². The van der Waals surface area contributed by atoms with Gasteiger partial charge < -0.3 is 10.2 Å². The van der Waals surface area contributed by atoms with Crippen LogP contribution in [0.25, 0.3) is 0 Å². The molecule has 0 aromatic rings. The second-order valence-corrected chi connectivity index (χ2v) is 6.12. The lowest BCUT2D eigenvalue weighted by atomic mass is 9.87. The van der Waals surface area contributed by atoms with Gasteiger partial charge in [-0.25, -0.2) is 0 Å². The summed E-state index contributed by atoms with van der Waals surface area (Å²) in [6.07, 6.45) is 8.59. The van der Waals surface area contributed by atoms with Crippen LogP contribution in [0.3, 0.4) is 0 Å². The molecule has 94 valence electrons. The minimum atomic E-state index is 0.811. The van der Waals surface area contributed by atoms with Crippen molar-refractivity contribution < 1.29 is 0 Å². The molecule has 2 rings (SSSR count). The Labute approximate surface area is 101 Å². The van der Waals surface area contributed by atoms with E-state index < -0.39 is 0 Å². The Balaban J connectivity index is 1.50. The standard InChI is InChI=1S/C14H28N2/c1-12-3-7-14(8-4-12)15-9-10-16(2)11-13-5-6-13/h12-15H,3-11H2,1-2H3. The first kappa shape index (κ1) is 12.4. The predicted octanol–water partition coefficient (Wildman–Crippen LogP) is 2.50. The van der Waals surface area contributed by atoms with Gasteiger partial charge in [0, 0.05) is 25.7 Å². The predicted molar refractivity (Wildman–Crippen MR) is 69.6 cm³/mol. The molecule has 2 nitrogen and oxygen atoms in total. The van der Waals surface area contributed by atoms with Crippen molar-refractivity contribution in [1.82, 2.24) is 10.2 Å². The molecule has 2 heteroatoms. The van der Waals surface area contributed by atoms with Gasteiger partial charge in [-0.05, 0) is 57.4 Å². The molecule has 0 bridgehead atoms. The van der Waals surface area contributed by atoms with E-state index in [1.807, 2.05) is 0 Å². The SMILES string of the molecule is CC1CCC(NCCN(C)CC2CC2)CC1. The van der Waals surface area contributed by atoms with Crippen LogP contribution < -0.4 is 5.32 Å². The third kappa shape index (κ3) is 4.42. The van der Waals surface area contributed by atoms with Crippen LogP contribution in [-0.2, 0) is 0 Å². The maximum absolute atomic E-state index is 3.73. The summed E-state index contributed by atoms with van der Waals surface area (Å²) in [6.45, 7) is 6.12. The average Bonchev–Trinajstić information content (AvgIpc) is 3.05. The molecular formula is C14H28N2. The van der Waals surface area contributed by atoms with Crippen LogP contribution in [0.5, 0.6) is 0 Å². The monoisotopic (exact) mass is 224 g/mol. The van der Waals surface area contributed by atoms with Crippen LogP contribution in [0.2, 0.25) is 0 Å². The Kier molecular flexibility index (Phi) is 4.66. The minimum absolute atomic E-state index is 0.811. The molecule has 0 aliphatic heterocycles. The summed E-state index contributed by atoms with van der Waals surface area (Å²) >= 11 is 0. The first-order valence-electron chi connectivity index (χ1n) is 7.16. The largest absolute Gasteiger partial charge is 0.313 e. The van der Waals surface area contributed by atoms with E-state index in [0.717, 1.165) is 17.9 Å². The molecule has 0 unspecified atom stereocenters. The molecule has 2 aliphatic carbocycles.